The third-order valence-electron chi connectivity index (χ3n) is 8.50. The number of amides is 2. The SMILES string of the molecule is CC(C)(C)C[C@H]1N[C@@H](C(=O)NCCNC2CCCC2)[C@H](c2ccc(F)c(Cl)c2)[C@@]12C(=O)Nc1cc(Cl)c(F)cc12. The van der Waals surface area contributed by atoms with E-state index in [1.807, 2.05) is 20.8 Å². The molecule has 1 saturated carbocycles. The number of fused-ring (bicyclic) bond motifs is 2. The molecule has 2 fully saturated rings. The molecule has 1 spiro atoms. The molecule has 10 heteroatoms. The summed E-state index contributed by atoms with van der Waals surface area (Å²) >= 11 is 12.3. The highest BCUT2D eigenvalue weighted by atomic mass is 35.5. The van der Waals surface area contributed by atoms with Crippen LogP contribution in [0.2, 0.25) is 10.0 Å². The van der Waals surface area contributed by atoms with E-state index in [2.05, 4.69) is 21.3 Å². The molecule has 40 heavy (non-hydrogen) atoms. The van der Waals surface area contributed by atoms with Gasteiger partial charge in [0.1, 0.15) is 17.0 Å². The second-order valence-electron chi connectivity index (χ2n) is 12.5. The molecule has 0 aromatic heterocycles. The van der Waals surface area contributed by atoms with Crippen molar-refractivity contribution in [3.63, 3.8) is 0 Å². The van der Waals surface area contributed by atoms with Crippen molar-refractivity contribution in [3.8, 4) is 0 Å². The lowest BCUT2D eigenvalue weighted by Gasteiger charge is -2.37. The molecular weight excluding hydrogens is 557 g/mol. The summed E-state index contributed by atoms with van der Waals surface area (Å²) in [5, 5.41) is 12.7. The van der Waals surface area contributed by atoms with Crippen LogP contribution >= 0.6 is 23.2 Å². The Morgan fingerprint density at radius 1 is 1.05 bits per heavy atom. The van der Waals surface area contributed by atoms with E-state index in [1.165, 1.54) is 37.1 Å². The zero-order valence-electron chi connectivity index (χ0n) is 23.0. The third kappa shape index (κ3) is 5.36. The fourth-order valence-electron chi connectivity index (χ4n) is 6.84. The van der Waals surface area contributed by atoms with Crippen LogP contribution in [0.25, 0.3) is 0 Å². The summed E-state index contributed by atoms with van der Waals surface area (Å²) in [6.07, 6.45) is 5.20. The van der Waals surface area contributed by atoms with Gasteiger partial charge in [-0.25, -0.2) is 8.78 Å². The maximum atomic E-state index is 15.0. The van der Waals surface area contributed by atoms with Crippen LogP contribution < -0.4 is 21.3 Å². The zero-order valence-corrected chi connectivity index (χ0v) is 24.5. The van der Waals surface area contributed by atoms with E-state index in [-0.39, 0.29) is 27.3 Å². The van der Waals surface area contributed by atoms with Crippen LogP contribution in [-0.2, 0) is 15.0 Å². The van der Waals surface area contributed by atoms with Crippen molar-refractivity contribution in [1.29, 1.82) is 0 Å². The Morgan fingerprint density at radius 3 is 2.42 bits per heavy atom. The van der Waals surface area contributed by atoms with E-state index in [0.717, 1.165) is 12.8 Å². The molecule has 2 aliphatic heterocycles. The zero-order chi connectivity index (χ0) is 28.8. The van der Waals surface area contributed by atoms with Crippen LogP contribution in [0.4, 0.5) is 14.5 Å². The molecular formula is C30H36Cl2F2N4O2. The van der Waals surface area contributed by atoms with Crippen molar-refractivity contribution < 1.29 is 18.4 Å². The Morgan fingerprint density at radius 2 is 1.75 bits per heavy atom. The Labute approximate surface area is 244 Å². The number of hydrogen-bond acceptors (Lipinski definition) is 4. The number of carbonyl (C=O) groups is 2. The number of nitrogens with one attached hydrogen (secondary N) is 4. The monoisotopic (exact) mass is 592 g/mol. The molecule has 4 atom stereocenters. The van der Waals surface area contributed by atoms with Gasteiger partial charge in [0.25, 0.3) is 0 Å². The highest BCUT2D eigenvalue weighted by Gasteiger charge is 2.65. The molecule has 4 N–H and O–H groups in total. The van der Waals surface area contributed by atoms with Crippen LogP contribution in [0.5, 0.6) is 0 Å². The number of halogens is 4. The average Bonchev–Trinajstić information content (AvgIpc) is 3.57. The van der Waals surface area contributed by atoms with Gasteiger partial charge in [-0.2, -0.15) is 0 Å². The number of benzene rings is 2. The minimum atomic E-state index is -1.38. The third-order valence-corrected chi connectivity index (χ3v) is 9.08. The van der Waals surface area contributed by atoms with Crippen LogP contribution in [0.15, 0.2) is 30.3 Å². The maximum absolute atomic E-state index is 15.0. The van der Waals surface area contributed by atoms with Gasteiger partial charge in [0, 0.05) is 36.8 Å². The molecule has 216 valence electrons. The highest BCUT2D eigenvalue weighted by Crippen LogP contribution is 2.57. The molecule has 2 aromatic rings. The molecule has 3 aliphatic rings. The molecule has 0 radical (unpaired) electrons. The lowest BCUT2D eigenvalue weighted by Crippen LogP contribution is -2.49. The lowest BCUT2D eigenvalue weighted by atomic mass is 9.62. The summed E-state index contributed by atoms with van der Waals surface area (Å²) in [5.41, 5.74) is -0.292. The molecule has 2 aromatic carbocycles. The molecule has 0 unspecified atom stereocenters. The molecule has 6 nitrogen and oxygen atoms in total. The van der Waals surface area contributed by atoms with Gasteiger partial charge in [0.05, 0.1) is 16.1 Å². The molecule has 2 amide bonds. The smallest absolute Gasteiger partial charge is 0.237 e. The summed E-state index contributed by atoms with van der Waals surface area (Å²) in [6, 6.07) is 6.00. The summed E-state index contributed by atoms with van der Waals surface area (Å²) in [4.78, 5) is 28.0. The van der Waals surface area contributed by atoms with Gasteiger partial charge in [0.15, 0.2) is 0 Å². The normalized spacial score (nSPS) is 26.4. The summed E-state index contributed by atoms with van der Waals surface area (Å²) in [5.74, 6) is -2.72. The lowest BCUT2D eigenvalue weighted by molar-refractivity contribution is -0.123. The first-order chi connectivity index (χ1) is 18.9. The first-order valence-electron chi connectivity index (χ1n) is 13.9. The molecule has 1 aliphatic carbocycles. The van der Waals surface area contributed by atoms with Gasteiger partial charge in [-0.15, -0.1) is 0 Å². The number of rotatable bonds is 7. The van der Waals surface area contributed by atoms with E-state index in [0.29, 0.717) is 42.4 Å². The van der Waals surface area contributed by atoms with E-state index in [1.54, 1.807) is 6.07 Å². The van der Waals surface area contributed by atoms with E-state index in [9.17, 15) is 18.4 Å². The first kappa shape index (κ1) is 29.2. The van der Waals surface area contributed by atoms with Crippen molar-refractivity contribution >= 4 is 40.7 Å². The maximum Gasteiger partial charge on any atom is 0.237 e. The Hall–Kier alpha value is -2.26. The van der Waals surface area contributed by atoms with Crippen molar-refractivity contribution in [2.45, 2.75) is 82.3 Å². The van der Waals surface area contributed by atoms with Gasteiger partial charge in [-0.3, -0.25) is 9.59 Å². The van der Waals surface area contributed by atoms with Crippen LogP contribution in [0.1, 0.15) is 69.9 Å². The summed E-state index contributed by atoms with van der Waals surface area (Å²) in [6.45, 7) is 7.17. The number of anilines is 1. The Balaban J connectivity index is 1.58. The minimum absolute atomic E-state index is 0.111. The number of carbonyl (C=O) groups excluding carboxylic acids is 2. The molecule has 5 rings (SSSR count). The fraction of sp³-hybridized carbons (Fsp3) is 0.533. The van der Waals surface area contributed by atoms with Gasteiger partial charge >= 0.3 is 0 Å². The standard InChI is InChI=1S/C30H36Cl2F2N4O2/c1-29(2,3)15-24-30(18-13-22(34)20(32)14-23(18)37-28(30)40)25(16-8-9-21(33)19(31)12-16)26(38-24)27(39)36-11-10-35-17-6-4-5-7-17/h8-9,12-14,17,24-26,35,38H,4-7,10-11,15H2,1-3H3,(H,36,39)(H,37,40)/t24-,25+,26-,30+/m1/s1. The molecule has 1 saturated heterocycles. The van der Waals surface area contributed by atoms with Crippen LogP contribution in [0.3, 0.4) is 0 Å². The van der Waals surface area contributed by atoms with Gasteiger partial charge in [0.2, 0.25) is 11.8 Å². The number of hydrogen-bond donors (Lipinski definition) is 4. The fourth-order valence-corrected chi connectivity index (χ4v) is 7.19. The highest BCUT2D eigenvalue weighted by molar-refractivity contribution is 6.31. The van der Waals surface area contributed by atoms with Crippen molar-refractivity contribution in [1.82, 2.24) is 16.0 Å². The predicted octanol–water partition coefficient (Wildman–Crippen LogP) is 5.67. The van der Waals surface area contributed by atoms with Crippen molar-refractivity contribution in [3.05, 3.63) is 63.1 Å². The van der Waals surface area contributed by atoms with E-state index < -0.39 is 35.1 Å². The summed E-state index contributed by atoms with van der Waals surface area (Å²) < 4.78 is 29.3. The van der Waals surface area contributed by atoms with E-state index in [4.69, 9.17) is 23.2 Å². The Kier molecular flexibility index (Phi) is 8.18. The largest absolute Gasteiger partial charge is 0.353 e. The van der Waals surface area contributed by atoms with Crippen molar-refractivity contribution in [2.24, 2.45) is 5.41 Å². The predicted molar refractivity (Wildman–Crippen MR) is 154 cm³/mol. The van der Waals surface area contributed by atoms with Crippen molar-refractivity contribution in [2.75, 3.05) is 18.4 Å². The quantitative estimate of drug-likeness (QED) is 0.312. The Bertz CT molecular complexity index is 1310. The average molecular weight is 594 g/mol. The van der Waals surface area contributed by atoms with E-state index >= 15 is 0 Å². The molecule has 2 heterocycles. The summed E-state index contributed by atoms with van der Waals surface area (Å²) in [7, 11) is 0. The van der Waals surface area contributed by atoms with Gasteiger partial charge in [-0.1, -0.05) is 62.9 Å². The van der Waals surface area contributed by atoms with Crippen LogP contribution in [0, 0.1) is 17.0 Å². The molecule has 0 bridgehead atoms. The van der Waals surface area contributed by atoms with Gasteiger partial charge < -0.3 is 21.3 Å². The van der Waals surface area contributed by atoms with Crippen LogP contribution in [-0.4, -0.2) is 43.0 Å². The van der Waals surface area contributed by atoms with Gasteiger partial charge in [-0.05, 0) is 60.1 Å². The topological polar surface area (TPSA) is 82.3 Å². The first-order valence-corrected chi connectivity index (χ1v) is 14.7. The second-order valence-corrected chi connectivity index (χ2v) is 13.3. The minimum Gasteiger partial charge on any atom is -0.353 e. The second kappa shape index (κ2) is 11.2.